The molecule has 0 unspecified atom stereocenters. The Balaban J connectivity index is 2.26. The van der Waals surface area contributed by atoms with Crippen molar-refractivity contribution in [3.05, 3.63) is 34.9 Å². The molecule has 0 aliphatic carbocycles. The molecule has 1 saturated heterocycles. The van der Waals surface area contributed by atoms with Crippen LogP contribution in [0.1, 0.15) is 18.4 Å². The van der Waals surface area contributed by atoms with E-state index in [-0.39, 0.29) is 5.41 Å². The minimum Gasteiger partial charge on any atom is -0.244 e. The lowest BCUT2D eigenvalue weighted by molar-refractivity contribution is 0.295. The Morgan fingerprint density at radius 1 is 1.25 bits per heavy atom. The van der Waals surface area contributed by atoms with Gasteiger partial charge in [-0.05, 0) is 30.5 Å². The molecule has 2 rings (SSSR count). The second-order valence-electron chi connectivity index (χ2n) is 4.43. The molecule has 1 fully saturated rings. The van der Waals surface area contributed by atoms with Crippen LogP contribution in [0.3, 0.4) is 0 Å². The van der Waals surface area contributed by atoms with E-state index >= 15 is 0 Å². The summed E-state index contributed by atoms with van der Waals surface area (Å²) in [6, 6.07) is 8.22. The second kappa shape index (κ2) is 5.17. The number of likely N-dealkylation sites (N-methyl/N-ethyl adjacent to an activating group) is 1. The van der Waals surface area contributed by atoms with Gasteiger partial charge in [-0.2, -0.15) is 0 Å². The zero-order valence-corrected chi connectivity index (χ0v) is 10.4. The van der Waals surface area contributed by atoms with Gasteiger partial charge < -0.3 is 0 Å². The van der Waals surface area contributed by atoms with Gasteiger partial charge >= 0.3 is 0 Å². The highest BCUT2D eigenvalue weighted by Gasteiger charge is 2.33. The van der Waals surface area contributed by atoms with Gasteiger partial charge in [0.15, 0.2) is 0 Å². The van der Waals surface area contributed by atoms with E-state index < -0.39 is 0 Å². The SMILES string of the molecule is C[N]CC1(c2ccc(Cl)cc2)CC[N]CC1. The summed E-state index contributed by atoms with van der Waals surface area (Å²) in [4.78, 5) is 0. The summed E-state index contributed by atoms with van der Waals surface area (Å²) in [5.74, 6) is 0. The van der Waals surface area contributed by atoms with E-state index in [0.29, 0.717) is 0 Å². The topological polar surface area (TPSA) is 28.2 Å². The van der Waals surface area contributed by atoms with Gasteiger partial charge in [0.1, 0.15) is 0 Å². The van der Waals surface area contributed by atoms with Gasteiger partial charge in [-0.25, -0.2) is 10.6 Å². The highest BCUT2D eigenvalue weighted by Crippen LogP contribution is 2.34. The van der Waals surface area contributed by atoms with Gasteiger partial charge in [0, 0.05) is 37.1 Å². The molecule has 0 saturated carbocycles. The van der Waals surface area contributed by atoms with E-state index in [2.05, 4.69) is 22.8 Å². The van der Waals surface area contributed by atoms with Crippen LogP contribution in [-0.2, 0) is 5.41 Å². The third-order valence-corrected chi connectivity index (χ3v) is 3.67. The molecular weight excluding hydrogens is 220 g/mol. The Hall–Kier alpha value is -0.570. The van der Waals surface area contributed by atoms with Gasteiger partial charge in [-0.15, -0.1) is 0 Å². The van der Waals surface area contributed by atoms with E-state index in [1.54, 1.807) is 0 Å². The molecule has 2 radical (unpaired) electrons. The van der Waals surface area contributed by atoms with Crippen molar-refractivity contribution in [3.8, 4) is 0 Å². The molecule has 0 spiro atoms. The maximum absolute atomic E-state index is 5.93. The monoisotopic (exact) mass is 236 g/mol. The van der Waals surface area contributed by atoms with Gasteiger partial charge in [-0.3, -0.25) is 0 Å². The number of rotatable bonds is 3. The first kappa shape index (κ1) is 11.9. The first-order chi connectivity index (χ1) is 7.77. The number of nitrogens with zero attached hydrogens (tertiary/aromatic N) is 2. The lowest BCUT2D eigenvalue weighted by Crippen LogP contribution is -2.42. The molecule has 1 aliphatic heterocycles. The van der Waals surface area contributed by atoms with Crippen LogP contribution in [0.25, 0.3) is 0 Å². The van der Waals surface area contributed by atoms with Crippen LogP contribution in [0.5, 0.6) is 0 Å². The Bertz CT molecular complexity index is 323. The molecule has 1 aromatic rings. The fourth-order valence-corrected chi connectivity index (χ4v) is 2.59. The molecule has 0 aromatic heterocycles. The van der Waals surface area contributed by atoms with Gasteiger partial charge in [0.05, 0.1) is 0 Å². The minimum atomic E-state index is 0.196. The fourth-order valence-electron chi connectivity index (χ4n) is 2.47. The van der Waals surface area contributed by atoms with E-state index in [1.807, 2.05) is 19.2 Å². The molecule has 86 valence electrons. The molecule has 0 N–H and O–H groups in total. The zero-order valence-electron chi connectivity index (χ0n) is 9.62. The van der Waals surface area contributed by atoms with Crippen LogP contribution in [-0.4, -0.2) is 26.7 Å². The minimum absolute atomic E-state index is 0.196. The number of piperidine rings is 1. The summed E-state index contributed by atoms with van der Waals surface area (Å²) in [6.45, 7) is 2.81. The van der Waals surface area contributed by atoms with Crippen molar-refractivity contribution >= 4 is 11.6 Å². The standard InChI is InChI=1S/C13H17ClN2/c1-15-10-13(6-8-16-9-7-13)11-2-4-12(14)5-3-11/h2-5H,6-10H2,1H3. The van der Waals surface area contributed by atoms with E-state index in [4.69, 9.17) is 11.6 Å². The predicted molar refractivity (Wildman–Crippen MR) is 67.2 cm³/mol. The molecule has 1 aliphatic rings. The predicted octanol–water partition coefficient (Wildman–Crippen LogP) is 2.21. The highest BCUT2D eigenvalue weighted by atomic mass is 35.5. The van der Waals surface area contributed by atoms with Crippen molar-refractivity contribution < 1.29 is 0 Å². The average molecular weight is 237 g/mol. The summed E-state index contributed by atoms with van der Waals surface area (Å²) in [5.41, 5.74) is 1.55. The number of hydrogen-bond acceptors (Lipinski definition) is 0. The van der Waals surface area contributed by atoms with Crippen molar-refractivity contribution in [1.29, 1.82) is 0 Å². The van der Waals surface area contributed by atoms with Crippen LogP contribution in [0.2, 0.25) is 5.02 Å². The van der Waals surface area contributed by atoms with Crippen LogP contribution in [0, 0.1) is 0 Å². The molecule has 0 atom stereocenters. The van der Waals surface area contributed by atoms with Crippen molar-refractivity contribution in [3.63, 3.8) is 0 Å². The van der Waals surface area contributed by atoms with Crippen LogP contribution in [0.15, 0.2) is 24.3 Å². The van der Waals surface area contributed by atoms with Crippen LogP contribution >= 0.6 is 11.6 Å². The summed E-state index contributed by atoms with van der Waals surface area (Å²) in [6.07, 6.45) is 2.21. The maximum Gasteiger partial charge on any atom is 0.0406 e. The summed E-state index contributed by atoms with van der Waals surface area (Å²) < 4.78 is 0. The highest BCUT2D eigenvalue weighted by molar-refractivity contribution is 6.30. The van der Waals surface area contributed by atoms with E-state index in [0.717, 1.165) is 37.5 Å². The van der Waals surface area contributed by atoms with Crippen molar-refractivity contribution in [2.24, 2.45) is 0 Å². The van der Waals surface area contributed by atoms with E-state index in [1.165, 1.54) is 5.56 Å². The first-order valence-electron chi connectivity index (χ1n) is 5.72. The van der Waals surface area contributed by atoms with Gasteiger partial charge in [0.2, 0.25) is 0 Å². The second-order valence-corrected chi connectivity index (χ2v) is 4.87. The molecular formula is C13H17ClN2. The van der Waals surface area contributed by atoms with Crippen molar-refractivity contribution in [1.82, 2.24) is 10.6 Å². The summed E-state index contributed by atoms with van der Waals surface area (Å²) >= 11 is 5.93. The fraction of sp³-hybridized carbons (Fsp3) is 0.538. The third kappa shape index (κ3) is 2.40. The quantitative estimate of drug-likeness (QED) is 0.770. The molecule has 1 aromatic carbocycles. The number of halogens is 1. The third-order valence-electron chi connectivity index (χ3n) is 3.41. The molecule has 3 heteroatoms. The lowest BCUT2D eigenvalue weighted by Gasteiger charge is -2.37. The van der Waals surface area contributed by atoms with Gasteiger partial charge in [0.25, 0.3) is 0 Å². The Morgan fingerprint density at radius 3 is 2.44 bits per heavy atom. The lowest BCUT2D eigenvalue weighted by atomic mass is 9.73. The smallest absolute Gasteiger partial charge is 0.0406 e. The molecule has 0 bridgehead atoms. The molecule has 0 amide bonds. The molecule has 16 heavy (non-hydrogen) atoms. The Morgan fingerprint density at radius 2 is 1.88 bits per heavy atom. The van der Waals surface area contributed by atoms with E-state index in [9.17, 15) is 0 Å². The Kier molecular flexibility index (Phi) is 3.85. The van der Waals surface area contributed by atoms with Crippen molar-refractivity contribution in [2.75, 3.05) is 26.7 Å². The van der Waals surface area contributed by atoms with Crippen molar-refractivity contribution in [2.45, 2.75) is 18.3 Å². The summed E-state index contributed by atoms with van der Waals surface area (Å²) in [5, 5.41) is 9.58. The van der Waals surface area contributed by atoms with Gasteiger partial charge in [-0.1, -0.05) is 23.7 Å². The van der Waals surface area contributed by atoms with Crippen LogP contribution < -0.4 is 10.6 Å². The maximum atomic E-state index is 5.93. The molecule has 2 nitrogen and oxygen atoms in total. The zero-order chi connectivity index (χ0) is 11.4. The average Bonchev–Trinajstić information content (AvgIpc) is 2.31. The normalized spacial score (nSPS) is 19.6. The number of hydrogen-bond donors (Lipinski definition) is 0. The molecule has 1 heterocycles. The summed E-state index contributed by atoms with van der Waals surface area (Å²) in [7, 11) is 1.89. The first-order valence-corrected chi connectivity index (χ1v) is 6.09. The number of benzene rings is 1. The Labute approximate surface area is 102 Å². The largest absolute Gasteiger partial charge is 0.244 e. The van der Waals surface area contributed by atoms with Crippen LogP contribution in [0.4, 0.5) is 0 Å².